The van der Waals surface area contributed by atoms with E-state index in [1.165, 1.54) is 7.11 Å². The number of esters is 1. The molecule has 1 aliphatic carbocycles. The smallest absolute Gasteiger partial charge is 0.305 e. The maximum Gasteiger partial charge on any atom is 0.305 e. The highest BCUT2D eigenvalue weighted by atomic mass is 79.9. The minimum Gasteiger partial charge on any atom is -0.469 e. The molecule has 1 rings (SSSR count). The summed E-state index contributed by atoms with van der Waals surface area (Å²) in [5.41, 5.74) is -0.154. The lowest BCUT2D eigenvalue weighted by molar-refractivity contribution is -0.140. The lowest BCUT2D eigenvalue weighted by Gasteiger charge is -2.29. The Bertz CT molecular complexity index is 515. The molecule has 0 heterocycles. The van der Waals surface area contributed by atoms with Gasteiger partial charge in [-0.3, -0.25) is 4.79 Å². The van der Waals surface area contributed by atoms with Crippen molar-refractivity contribution < 1.29 is 19.7 Å². The highest BCUT2D eigenvalue weighted by molar-refractivity contribution is 9.09. The number of aliphatic hydroxyl groups is 2. The average Bonchev–Trinajstić information content (AvgIpc) is 2.93. The van der Waals surface area contributed by atoms with Crippen LogP contribution in [0.4, 0.5) is 0 Å². The van der Waals surface area contributed by atoms with Gasteiger partial charge in [0.1, 0.15) is 0 Å². The molecule has 5 atom stereocenters. The molecule has 0 aromatic rings. The van der Waals surface area contributed by atoms with E-state index in [0.29, 0.717) is 12.3 Å². The van der Waals surface area contributed by atoms with Crippen LogP contribution in [0.5, 0.6) is 0 Å². The number of allylic oxidation sites excluding steroid dienone is 2. The fourth-order valence-corrected chi connectivity index (χ4v) is 4.73. The molecule has 0 aliphatic heterocycles. The number of carbonyl (C=O) groups is 1. The van der Waals surface area contributed by atoms with E-state index in [4.69, 9.17) is 0 Å². The van der Waals surface area contributed by atoms with Gasteiger partial charge in [-0.05, 0) is 43.4 Å². The second-order valence-electron chi connectivity index (χ2n) is 8.66. The highest BCUT2D eigenvalue weighted by Gasteiger charge is 2.39. The third-order valence-corrected chi connectivity index (χ3v) is 6.97. The minimum atomic E-state index is -0.505. The molecule has 0 saturated heterocycles. The van der Waals surface area contributed by atoms with Crippen LogP contribution in [0.3, 0.4) is 0 Å². The topological polar surface area (TPSA) is 66.8 Å². The molecule has 0 aromatic carbocycles. The van der Waals surface area contributed by atoms with Crippen molar-refractivity contribution in [1.82, 2.24) is 0 Å². The van der Waals surface area contributed by atoms with Gasteiger partial charge in [0.15, 0.2) is 0 Å². The summed E-state index contributed by atoms with van der Waals surface area (Å²) in [6, 6.07) is 0. The van der Waals surface area contributed by atoms with E-state index in [0.717, 1.165) is 44.9 Å². The number of methoxy groups -OCH3 is 1. The lowest BCUT2D eigenvalue weighted by Crippen LogP contribution is -2.28. The number of alkyl halides is 1. The van der Waals surface area contributed by atoms with E-state index in [2.05, 4.69) is 53.6 Å². The molecule has 0 bridgehead atoms. The normalized spacial score (nSPS) is 27.0. The van der Waals surface area contributed by atoms with Gasteiger partial charge in [-0.15, -0.1) is 0 Å². The highest BCUT2D eigenvalue weighted by Crippen LogP contribution is 2.41. The average molecular weight is 459 g/mol. The van der Waals surface area contributed by atoms with Crippen LogP contribution in [0.2, 0.25) is 0 Å². The van der Waals surface area contributed by atoms with E-state index < -0.39 is 6.10 Å². The van der Waals surface area contributed by atoms with Gasteiger partial charge in [-0.1, -0.05) is 73.8 Å². The molecular weight excluding hydrogens is 420 g/mol. The van der Waals surface area contributed by atoms with Crippen molar-refractivity contribution in [2.45, 2.75) is 89.2 Å². The Morgan fingerprint density at radius 2 is 2.04 bits per heavy atom. The summed E-state index contributed by atoms with van der Waals surface area (Å²) in [6.45, 7) is 6.37. The molecule has 1 saturated carbocycles. The summed E-state index contributed by atoms with van der Waals surface area (Å²) >= 11 is 3.73. The number of unbranched alkanes of at least 4 members (excludes halogenated alkanes) is 2. The zero-order valence-electron chi connectivity index (χ0n) is 17.9. The molecule has 1 aliphatic rings. The zero-order valence-corrected chi connectivity index (χ0v) is 19.5. The van der Waals surface area contributed by atoms with Crippen LogP contribution >= 0.6 is 15.9 Å². The van der Waals surface area contributed by atoms with Crippen molar-refractivity contribution in [3.05, 3.63) is 24.3 Å². The Morgan fingerprint density at radius 1 is 1.32 bits per heavy atom. The van der Waals surface area contributed by atoms with Crippen molar-refractivity contribution in [1.29, 1.82) is 0 Å². The molecule has 4 nitrogen and oxygen atoms in total. The molecule has 162 valence electrons. The largest absolute Gasteiger partial charge is 0.469 e. The Kier molecular flexibility index (Phi) is 11.6. The molecule has 1 fully saturated rings. The first-order valence-electron chi connectivity index (χ1n) is 10.6. The Hall–Kier alpha value is -0.650. The number of halogens is 1. The Balaban J connectivity index is 2.59. The van der Waals surface area contributed by atoms with Crippen molar-refractivity contribution >= 4 is 21.9 Å². The number of rotatable bonds is 12. The standard InChI is InChI=1S/C23H39BrO4/c1-5-6-15-23(2,3)21(26)14-13-18-17(19(24)16-20(18)25)11-9-7-8-10-12-22(27)28-4/h7,9,13-14,17-21,25-26H,5-6,8,10-12,15-16H2,1-4H3/b9-7-,14-13+/t17-,18-,19+,20-,21-/m1/s1. The SMILES string of the molecule is CCCCC(C)(C)[C@H](O)/C=C/[C@@H]1[C@@H](C/C=C\CCCC(=O)OC)[C@@H](Br)C[C@H]1O. The van der Waals surface area contributed by atoms with Gasteiger partial charge in [-0.2, -0.15) is 0 Å². The second kappa shape index (κ2) is 12.8. The van der Waals surface area contributed by atoms with Gasteiger partial charge in [-0.25, -0.2) is 0 Å². The van der Waals surface area contributed by atoms with E-state index in [-0.39, 0.29) is 28.2 Å². The number of ether oxygens (including phenoxy) is 1. The van der Waals surface area contributed by atoms with Gasteiger partial charge in [0.05, 0.1) is 19.3 Å². The van der Waals surface area contributed by atoms with Crippen LogP contribution in [-0.2, 0) is 9.53 Å². The fourth-order valence-electron chi connectivity index (χ4n) is 3.78. The molecule has 2 N–H and O–H groups in total. The summed E-state index contributed by atoms with van der Waals surface area (Å²) < 4.78 is 4.64. The first-order chi connectivity index (χ1) is 13.2. The predicted octanol–water partition coefficient (Wildman–Crippen LogP) is 5.17. The number of hydrogen-bond acceptors (Lipinski definition) is 4. The van der Waals surface area contributed by atoms with E-state index in [1.807, 2.05) is 12.2 Å². The van der Waals surface area contributed by atoms with Crippen molar-refractivity contribution in [3.63, 3.8) is 0 Å². The van der Waals surface area contributed by atoms with Gasteiger partial charge in [0, 0.05) is 17.2 Å². The van der Waals surface area contributed by atoms with E-state index in [9.17, 15) is 15.0 Å². The summed E-state index contributed by atoms with van der Waals surface area (Å²) in [7, 11) is 1.41. The fraction of sp³-hybridized carbons (Fsp3) is 0.783. The monoisotopic (exact) mass is 458 g/mol. The third kappa shape index (κ3) is 8.38. The van der Waals surface area contributed by atoms with Crippen LogP contribution in [0.25, 0.3) is 0 Å². The molecule has 0 spiro atoms. The van der Waals surface area contributed by atoms with E-state index >= 15 is 0 Å². The minimum absolute atomic E-state index is 0.0423. The number of aliphatic hydroxyl groups excluding tert-OH is 2. The summed E-state index contributed by atoms with van der Waals surface area (Å²) in [5, 5.41) is 21.1. The Labute approximate surface area is 179 Å². The Morgan fingerprint density at radius 3 is 2.68 bits per heavy atom. The molecule has 28 heavy (non-hydrogen) atoms. The van der Waals surface area contributed by atoms with Crippen LogP contribution in [0, 0.1) is 17.3 Å². The maximum absolute atomic E-state index is 11.1. The first kappa shape index (κ1) is 25.4. The number of carbonyl (C=O) groups excluding carboxylic acids is 1. The van der Waals surface area contributed by atoms with E-state index in [1.54, 1.807) is 0 Å². The van der Waals surface area contributed by atoms with Crippen LogP contribution in [-0.4, -0.2) is 40.3 Å². The van der Waals surface area contributed by atoms with Crippen LogP contribution in [0.1, 0.15) is 72.1 Å². The van der Waals surface area contributed by atoms with Crippen molar-refractivity contribution in [2.75, 3.05) is 7.11 Å². The molecule has 0 unspecified atom stereocenters. The van der Waals surface area contributed by atoms with Crippen LogP contribution in [0.15, 0.2) is 24.3 Å². The van der Waals surface area contributed by atoms with Gasteiger partial charge in [0.25, 0.3) is 0 Å². The number of hydrogen-bond donors (Lipinski definition) is 2. The van der Waals surface area contributed by atoms with Crippen molar-refractivity contribution in [3.8, 4) is 0 Å². The summed E-state index contributed by atoms with van der Waals surface area (Å²) in [6.07, 6.45) is 14.2. The third-order valence-electron chi connectivity index (χ3n) is 5.92. The predicted molar refractivity (Wildman–Crippen MR) is 118 cm³/mol. The molecule has 0 aromatic heterocycles. The quantitative estimate of drug-likeness (QED) is 0.183. The van der Waals surface area contributed by atoms with Gasteiger partial charge in [0.2, 0.25) is 0 Å². The van der Waals surface area contributed by atoms with Gasteiger partial charge < -0.3 is 14.9 Å². The summed E-state index contributed by atoms with van der Waals surface area (Å²) in [5.74, 6) is 0.174. The molecule has 0 amide bonds. The van der Waals surface area contributed by atoms with Crippen molar-refractivity contribution in [2.24, 2.45) is 17.3 Å². The second-order valence-corrected chi connectivity index (χ2v) is 9.83. The molecule has 0 radical (unpaired) electrons. The molecule has 5 heteroatoms. The van der Waals surface area contributed by atoms with Gasteiger partial charge >= 0.3 is 5.97 Å². The zero-order chi connectivity index (χ0) is 21.2. The van der Waals surface area contributed by atoms with Crippen LogP contribution < -0.4 is 0 Å². The summed E-state index contributed by atoms with van der Waals surface area (Å²) in [4.78, 5) is 11.4. The lowest BCUT2D eigenvalue weighted by atomic mass is 9.80. The first-order valence-corrected chi connectivity index (χ1v) is 11.5. The maximum atomic E-state index is 11.1. The molecular formula is C23H39BrO4.